The molecule has 6 heteroatoms. The Morgan fingerprint density at radius 2 is 1.95 bits per heavy atom. The SMILES string of the molecule is O=C(c1ccccc1)c1cccc(OCC2CO2)c1[N+](=O)[O-]. The summed E-state index contributed by atoms with van der Waals surface area (Å²) in [6, 6.07) is 13.0. The van der Waals surface area contributed by atoms with Crippen LogP contribution in [0.1, 0.15) is 15.9 Å². The zero-order valence-corrected chi connectivity index (χ0v) is 11.6. The molecule has 0 bridgehead atoms. The Morgan fingerprint density at radius 3 is 2.59 bits per heavy atom. The third-order valence-corrected chi connectivity index (χ3v) is 3.29. The maximum Gasteiger partial charge on any atom is 0.322 e. The molecule has 1 saturated heterocycles. The highest BCUT2D eigenvalue weighted by atomic mass is 16.6. The Balaban J connectivity index is 1.97. The molecule has 1 heterocycles. The second-order valence-corrected chi connectivity index (χ2v) is 4.87. The van der Waals surface area contributed by atoms with Gasteiger partial charge in [-0.15, -0.1) is 0 Å². The van der Waals surface area contributed by atoms with Crippen LogP contribution >= 0.6 is 0 Å². The number of ether oxygens (including phenoxy) is 2. The van der Waals surface area contributed by atoms with E-state index in [2.05, 4.69) is 0 Å². The number of nitro groups is 1. The Labute approximate surface area is 126 Å². The van der Waals surface area contributed by atoms with Crippen LogP contribution in [0.3, 0.4) is 0 Å². The summed E-state index contributed by atoms with van der Waals surface area (Å²) in [5.41, 5.74) is 0.107. The summed E-state index contributed by atoms with van der Waals surface area (Å²) in [5.74, 6) is -0.317. The number of ketones is 1. The first-order valence-corrected chi connectivity index (χ1v) is 6.78. The van der Waals surface area contributed by atoms with Gasteiger partial charge in [0.2, 0.25) is 0 Å². The first kappa shape index (κ1) is 14.2. The van der Waals surface area contributed by atoms with E-state index in [4.69, 9.17) is 9.47 Å². The van der Waals surface area contributed by atoms with Crippen molar-refractivity contribution < 1.29 is 19.2 Å². The van der Waals surface area contributed by atoms with Gasteiger partial charge in [0.25, 0.3) is 0 Å². The van der Waals surface area contributed by atoms with Crippen molar-refractivity contribution >= 4 is 11.5 Å². The average molecular weight is 299 g/mol. The minimum Gasteiger partial charge on any atom is -0.484 e. The summed E-state index contributed by atoms with van der Waals surface area (Å²) in [6.45, 7) is 0.834. The van der Waals surface area contributed by atoms with E-state index >= 15 is 0 Å². The van der Waals surface area contributed by atoms with Gasteiger partial charge in [-0.05, 0) is 12.1 Å². The van der Waals surface area contributed by atoms with Crippen LogP contribution in [0.15, 0.2) is 48.5 Å². The molecule has 0 amide bonds. The lowest BCUT2D eigenvalue weighted by atomic mass is 10.0. The van der Waals surface area contributed by atoms with E-state index in [1.165, 1.54) is 12.1 Å². The van der Waals surface area contributed by atoms with Crippen molar-refractivity contribution in [1.29, 1.82) is 0 Å². The molecule has 0 saturated carbocycles. The Hall–Kier alpha value is -2.73. The molecule has 0 spiro atoms. The fourth-order valence-corrected chi connectivity index (χ4v) is 2.10. The second-order valence-electron chi connectivity index (χ2n) is 4.87. The van der Waals surface area contributed by atoms with Gasteiger partial charge in [-0.1, -0.05) is 36.4 Å². The maximum absolute atomic E-state index is 12.5. The first-order chi connectivity index (χ1) is 10.7. The first-order valence-electron chi connectivity index (χ1n) is 6.78. The minimum atomic E-state index is -0.584. The molecular formula is C16H13NO5. The van der Waals surface area contributed by atoms with Crippen LogP contribution in [-0.4, -0.2) is 30.0 Å². The number of carbonyl (C=O) groups is 1. The summed E-state index contributed by atoms with van der Waals surface area (Å²) in [4.78, 5) is 23.3. The van der Waals surface area contributed by atoms with Crippen molar-refractivity contribution in [2.45, 2.75) is 6.10 Å². The monoisotopic (exact) mass is 299 g/mol. The Morgan fingerprint density at radius 1 is 1.23 bits per heavy atom. The van der Waals surface area contributed by atoms with Crippen LogP contribution in [0.5, 0.6) is 5.75 Å². The zero-order valence-electron chi connectivity index (χ0n) is 11.6. The van der Waals surface area contributed by atoms with Gasteiger partial charge in [0.1, 0.15) is 18.3 Å². The summed E-state index contributed by atoms with van der Waals surface area (Å²) in [5, 5.41) is 11.4. The van der Waals surface area contributed by atoms with E-state index in [0.717, 1.165) is 0 Å². The van der Waals surface area contributed by atoms with E-state index in [-0.39, 0.29) is 29.7 Å². The highest BCUT2D eigenvalue weighted by Crippen LogP contribution is 2.33. The summed E-state index contributed by atoms with van der Waals surface area (Å²) in [7, 11) is 0. The highest BCUT2D eigenvalue weighted by molar-refractivity contribution is 6.12. The molecule has 112 valence electrons. The van der Waals surface area contributed by atoms with Crippen molar-refractivity contribution in [3.05, 3.63) is 69.8 Å². The van der Waals surface area contributed by atoms with Gasteiger partial charge in [0.15, 0.2) is 11.5 Å². The number of epoxide rings is 1. The Bertz CT molecular complexity index is 710. The van der Waals surface area contributed by atoms with Gasteiger partial charge in [0, 0.05) is 5.56 Å². The molecule has 2 aromatic rings. The molecule has 0 aliphatic carbocycles. The molecule has 0 N–H and O–H groups in total. The number of benzene rings is 2. The predicted molar refractivity (Wildman–Crippen MR) is 78.2 cm³/mol. The standard InChI is InChI=1S/C16H13NO5/c18-16(11-5-2-1-3-6-11)13-7-4-8-14(15(13)17(19)20)22-10-12-9-21-12/h1-8,12H,9-10H2. The molecule has 1 aliphatic heterocycles. The maximum atomic E-state index is 12.5. The van der Waals surface area contributed by atoms with Crippen molar-refractivity contribution in [1.82, 2.24) is 0 Å². The number of carbonyl (C=O) groups excluding carboxylic acids is 1. The summed E-state index contributed by atoms with van der Waals surface area (Å²) in [6.07, 6.45) is -0.0203. The zero-order chi connectivity index (χ0) is 15.5. The van der Waals surface area contributed by atoms with E-state index < -0.39 is 10.7 Å². The topological polar surface area (TPSA) is 82.0 Å². The molecular weight excluding hydrogens is 286 g/mol. The number of para-hydroxylation sites is 1. The highest BCUT2D eigenvalue weighted by Gasteiger charge is 2.29. The number of nitro benzene ring substituents is 1. The van der Waals surface area contributed by atoms with Crippen LogP contribution in [0.2, 0.25) is 0 Å². The molecule has 1 unspecified atom stereocenters. The lowest BCUT2D eigenvalue weighted by molar-refractivity contribution is -0.386. The third kappa shape index (κ3) is 2.96. The van der Waals surface area contributed by atoms with Gasteiger partial charge in [-0.25, -0.2) is 0 Å². The molecule has 1 atom stereocenters. The summed E-state index contributed by atoms with van der Waals surface area (Å²) >= 11 is 0. The minimum absolute atomic E-state index is 0.0189. The largest absolute Gasteiger partial charge is 0.484 e. The Kier molecular flexibility index (Phi) is 3.84. The van der Waals surface area contributed by atoms with Gasteiger partial charge in [-0.3, -0.25) is 14.9 Å². The van der Waals surface area contributed by atoms with Crippen molar-refractivity contribution in [3.63, 3.8) is 0 Å². The van der Waals surface area contributed by atoms with Crippen LogP contribution in [0.4, 0.5) is 5.69 Å². The van der Waals surface area contributed by atoms with Crippen LogP contribution in [-0.2, 0) is 4.74 Å². The van der Waals surface area contributed by atoms with Gasteiger partial charge < -0.3 is 9.47 Å². The van der Waals surface area contributed by atoms with E-state index in [9.17, 15) is 14.9 Å². The van der Waals surface area contributed by atoms with Gasteiger partial charge in [-0.2, -0.15) is 0 Å². The van der Waals surface area contributed by atoms with Crippen molar-refractivity contribution in [2.24, 2.45) is 0 Å². The summed E-state index contributed by atoms with van der Waals surface area (Å²) < 4.78 is 10.4. The molecule has 22 heavy (non-hydrogen) atoms. The second kappa shape index (κ2) is 5.95. The van der Waals surface area contributed by atoms with Crippen LogP contribution < -0.4 is 4.74 Å². The third-order valence-electron chi connectivity index (χ3n) is 3.29. The molecule has 1 aliphatic rings. The fraction of sp³-hybridized carbons (Fsp3) is 0.188. The van der Waals surface area contributed by atoms with E-state index in [1.54, 1.807) is 36.4 Å². The van der Waals surface area contributed by atoms with Gasteiger partial charge in [0.05, 0.1) is 11.5 Å². The van der Waals surface area contributed by atoms with E-state index in [0.29, 0.717) is 12.2 Å². The number of rotatable bonds is 6. The number of hydrogen-bond acceptors (Lipinski definition) is 5. The smallest absolute Gasteiger partial charge is 0.322 e. The molecule has 2 aromatic carbocycles. The molecule has 0 aromatic heterocycles. The predicted octanol–water partition coefficient (Wildman–Crippen LogP) is 2.60. The average Bonchev–Trinajstić information content (AvgIpc) is 3.36. The van der Waals surface area contributed by atoms with E-state index in [1.807, 2.05) is 0 Å². The molecule has 6 nitrogen and oxygen atoms in total. The normalized spacial score (nSPS) is 16.1. The quantitative estimate of drug-likeness (QED) is 0.354. The molecule has 0 radical (unpaired) electrons. The van der Waals surface area contributed by atoms with Crippen LogP contribution in [0.25, 0.3) is 0 Å². The van der Waals surface area contributed by atoms with Gasteiger partial charge >= 0.3 is 5.69 Å². The number of hydrogen-bond donors (Lipinski definition) is 0. The van der Waals surface area contributed by atoms with Crippen molar-refractivity contribution in [2.75, 3.05) is 13.2 Å². The van der Waals surface area contributed by atoms with Crippen molar-refractivity contribution in [3.8, 4) is 5.75 Å². The number of nitrogens with zero attached hydrogens (tertiary/aromatic N) is 1. The molecule has 1 fully saturated rings. The lowest BCUT2D eigenvalue weighted by Crippen LogP contribution is -2.10. The lowest BCUT2D eigenvalue weighted by Gasteiger charge is -2.08. The van der Waals surface area contributed by atoms with Crippen LogP contribution in [0, 0.1) is 10.1 Å². The fourth-order valence-electron chi connectivity index (χ4n) is 2.10. The molecule has 3 rings (SSSR count).